The van der Waals surface area contributed by atoms with Gasteiger partial charge in [-0.2, -0.15) is 0 Å². The Kier molecular flexibility index (Phi) is 5.37. The monoisotopic (exact) mass is 350 g/mol. The van der Waals surface area contributed by atoms with Crippen molar-refractivity contribution in [3.63, 3.8) is 0 Å². The lowest BCUT2D eigenvalue weighted by atomic mass is 9.91. The molecule has 0 aliphatic carbocycles. The topological polar surface area (TPSA) is 81.9 Å². The molecule has 1 aromatic rings. The molecule has 0 spiro atoms. The highest BCUT2D eigenvalue weighted by atomic mass is 16.6. The van der Waals surface area contributed by atoms with Crippen LogP contribution in [0, 0.1) is 15.5 Å². The predicted molar refractivity (Wildman–Crippen MR) is 93.3 cm³/mol. The number of rotatable bonds is 5. The summed E-state index contributed by atoms with van der Waals surface area (Å²) in [4.78, 5) is 24.7. The largest absolute Gasteiger partial charge is 0.491 e. The average Bonchev–Trinajstić information content (AvgIpc) is 2.78. The second-order valence-electron chi connectivity index (χ2n) is 7.97. The van der Waals surface area contributed by atoms with Crippen molar-refractivity contribution in [2.24, 2.45) is 5.41 Å². The Morgan fingerprint density at radius 1 is 1.36 bits per heavy atom. The number of nitro groups is 1. The second kappa shape index (κ2) is 7.00. The van der Waals surface area contributed by atoms with Crippen molar-refractivity contribution >= 4 is 11.6 Å². The summed E-state index contributed by atoms with van der Waals surface area (Å²) in [7, 11) is 0. The molecule has 0 N–H and O–H groups in total. The lowest BCUT2D eigenvalue weighted by Crippen LogP contribution is -2.50. The summed E-state index contributed by atoms with van der Waals surface area (Å²) in [6.45, 7) is 10.5. The molecule has 7 heteroatoms. The van der Waals surface area contributed by atoms with Gasteiger partial charge < -0.3 is 14.4 Å². The summed E-state index contributed by atoms with van der Waals surface area (Å²) in [5.41, 5.74) is -0.773. The predicted octanol–water partition coefficient (Wildman–Crippen LogP) is 3.37. The minimum absolute atomic E-state index is 0.0136. The zero-order valence-electron chi connectivity index (χ0n) is 15.4. The zero-order valence-corrected chi connectivity index (χ0v) is 15.4. The van der Waals surface area contributed by atoms with Crippen LogP contribution >= 0.6 is 0 Å². The molecule has 1 amide bonds. The molecule has 0 radical (unpaired) electrons. The number of non-ortho nitro benzene ring substituents is 1. The number of nitrogens with zero attached hydrogens (tertiary/aromatic N) is 2. The third-order valence-electron chi connectivity index (χ3n) is 4.01. The number of hydrogen-bond acceptors (Lipinski definition) is 5. The molecular weight excluding hydrogens is 324 g/mol. The quantitative estimate of drug-likeness (QED) is 0.600. The van der Waals surface area contributed by atoms with E-state index in [1.54, 1.807) is 17.0 Å². The first-order chi connectivity index (χ1) is 11.5. The van der Waals surface area contributed by atoms with Crippen molar-refractivity contribution < 1.29 is 19.2 Å². The normalized spacial score (nSPS) is 19.7. The van der Waals surface area contributed by atoms with Crippen molar-refractivity contribution in [2.45, 2.75) is 52.8 Å². The lowest BCUT2D eigenvalue weighted by Gasteiger charge is -2.35. The van der Waals surface area contributed by atoms with Crippen molar-refractivity contribution in [3.05, 3.63) is 34.4 Å². The van der Waals surface area contributed by atoms with E-state index in [0.29, 0.717) is 18.8 Å². The molecule has 0 bridgehead atoms. The summed E-state index contributed by atoms with van der Waals surface area (Å²) in [6.07, 6.45) is 0.424. The van der Waals surface area contributed by atoms with E-state index in [1.165, 1.54) is 12.1 Å². The molecule has 1 fully saturated rings. The van der Waals surface area contributed by atoms with Crippen molar-refractivity contribution in [1.82, 2.24) is 4.90 Å². The van der Waals surface area contributed by atoms with E-state index in [-0.39, 0.29) is 29.7 Å². The van der Waals surface area contributed by atoms with Crippen LogP contribution in [0.15, 0.2) is 24.3 Å². The maximum absolute atomic E-state index is 12.7. The molecule has 1 aromatic carbocycles. The van der Waals surface area contributed by atoms with Crippen LogP contribution in [-0.4, -0.2) is 40.7 Å². The van der Waals surface area contributed by atoms with Gasteiger partial charge in [-0.05, 0) is 31.4 Å². The first-order valence-electron chi connectivity index (χ1n) is 8.33. The van der Waals surface area contributed by atoms with Crippen LogP contribution in [0.3, 0.4) is 0 Å². The highest BCUT2D eigenvalue weighted by Gasteiger charge is 2.44. The minimum Gasteiger partial charge on any atom is -0.491 e. The Hall–Kier alpha value is -2.15. The van der Waals surface area contributed by atoms with E-state index >= 15 is 0 Å². The second-order valence-corrected chi connectivity index (χ2v) is 7.97. The van der Waals surface area contributed by atoms with Crippen molar-refractivity contribution in [1.29, 1.82) is 0 Å². The summed E-state index contributed by atoms with van der Waals surface area (Å²) in [5.74, 6) is 0.561. The Morgan fingerprint density at radius 3 is 2.48 bits per heavy atom. The van der Waals surface area contributed by atoms with Crippen molar-refractivity contribution in [3.8, 4) is 5.75 Å². The molecule has 0 unspecified atom stereocenters. The van der Waals surface area contributed by atoms with Gasteiger partial charge in [0.25, 0.3) is 5.69 Å². The molecule has 1 saturated heterocycles. The van der Waals surface area contributed by atoms with Crippen LogP contribution in [0.1, 0.15) is 41.0 Å². The highest BCUT2D eigenvalue weighted by molar-refractivity contribution is 5.78. The fraction of sp³-hybridized carbons (Fsp3) is 0.611. The standard InChI is InChI=1S/C18H26N2O5/c1-17(2,3)10-16(21)19-14(12-25-18(19,4)5)11-24-15-8-6-13(7-9-15)20(22)23/h6-9,14H,10-12H2,1-5H3/t14-/m1/s1. The van der Waals surface area contributed by atoms with Gasteiger partial charge in [0.05, 0.1) is 17.6 Å². The van der Waals surface area contributed by atoms with Gasteiger partial charge in [0.2, 0.25) is 5.91 Å². The Balaban J connectivity index is 2.04. The Morgan fingerprint density at radius 2 is 1.96 bits per heavy atom. The molecule has 1 heterocycles. The molecule has 1 aliphatic heterocycles. The van der Waals surface area contributed by atoms with E-state index < -0.39 is 10.6 Å². The van der Waals surface area contributed by atoms with Crippen LogP contribution in [0.25, 0.3) is 0 Å². The third kappa shape index (κ3) is 4.92. The summed E-state index contributed by atoms with van der Waals surface area (Å²) in [5, 5.41) is 10.7. The van der Waals surface area contributed by atoms with E-state index in [4.69, 9.17) is 9.47 Å². The number of amides is 1. The minimum atomic E-state index is -0.675. The van der Waals surface area contributed by atoms with Gasteiger partial charge in [-0.25, -0.2) is 0 Å². The van der Waals surface area contributed by atoms with Crippen molar-refractivity contribution in [2.75, 3.05) is 13.2 Å². The number of hydrogen-bond donors (Lipinski definition) is 0. The maximum Gasteiger partial charge on any atom is 0.269 e. The van der Waals surface area contributed by atoms with Gasteiger partial charge >= 0.3 is 0 Å². The molecule has 7 nitrogen and oxygen atoms in total. The van der Waals surface area contributed by atoms with E-state index in [9.17, 15) is 14.9 Å². The smallest absolute Gasteiger partial charge is 0.269 e. The van der Waals surface area contributed by atoms with E-state index in [1.807, 2.05) is 34.6 Å². The first-order valence-corrected chi connectivity index (χ1v) is 8.33. The van der Waals surface area contributed by atoms with Gasteiger partial charge in [-0.3, -0.25) is 14.9 Å². The molecule has 25 heavy (non-hydrogen) atoms. The van der Waals surface area contributed by atoms with Crippen LogP contribution in [-0.2, 0) is 9.53 Å². The first kappa shape index (κ1) is 19.2. The molecule has 0 aromatic heterocycles. The summed E-state index contributed by atoms with van der Waals surface area (Å²) in [6, 6.07) is 5.71. The molecule has 1 aliphatic rings. The molecule has 2 rings (SSSR count). The number of carbonyl (C=O) groups is 1. The number of benzene rings is 1. The number of ether oxygens (including phenoxy) is 2. The van der Waals surface area contributed by atoms with Crippen LogP contribution < -0.4 is 4.74 Å². The van der Waals surface area contributed by atoms with Gasteiger partial charge in [0, 0.05) is 18.6 Å². The number of carbonyl (C=O) groups excluding carboxylic acids is 1. The van der Waals surface area contributed by atoms with E-state index in [0.717, 1.165) is 0 Å². The third-order valence-corrected chi connectivity index (χ3v) is 4.01. The highest BCUT2D eigenvalue weighted by Crippen LogP contribution is 2.31. The van der Waals surface area contributed by atoms with Gasteiger partial charge in [0.15, 0.2) is 0 Å². The molecule has 138 valence electrons. The molecular formula is C18H26N2O5. The van der Waals surface area contributed by atoms with E-state index in [2.05, 4.69) is 0 Å². The Labute approximate surface area is 148 Å². The Bertz CT molecular complexity index is 634. The maximum atomic E-state index is 12.7. The summed E-state index contributed by atoms with van der Waals surface area (Å²) >= 11 is 0. The van der Waals surface area contributed by atoms with Crippen LogP contribution in [0.2, 0.25) is 0 Å². The van der Waals surface area contributed by atoms with Gasteiger partial charge in [-0.1, -0.05) is 20.8 Å². The van der Waals surface area contributed by atoms with Gasteiger partial charge in [0.1, 0.15) is 18.1 Å². The zero-order chi connectivity index (χ0) is 18.8. The SMILES string of the molecule is CC(C)(C)CC(=O)N1[C@H](COc2ccc([N+](=O)[O-])cc2)COC1(C)C. The van der Waals surface area contributed by atoms with Crippen LogP contribution in [0.4, 0.5) is 5.69 Å². The van der Waals surface area contributed by atoms with Gasteiger partial charge in [-0.15, -0.1) is 0 Å². The molecule has 0 saturated carbocycles. The molecule has 1 atom stereocenters. The van der Waals surface area contributed by atoms with Crippen LogP contribution in [0.5, 0.6) is 5.75 Å². The lowest BCUT2D eigenvalue weighted by molar-refractivity contribution is -0.384. The average molecular weight is 350 g/mol. The fourth-order valence-electron chi connectivity index (χ4n) is 2.91. The summed E-state index contributed by atoms with van der Waals surface area (Å²) < 4.78 is 11.5. The fourth-order valence-corrected chi connectivity index (χ4v) is 2.91. The number of nitro benzene ring substituents is 1.